The van der Waals surface area contributed by atoms with Gasteiger partial charge >= 0.3 is 0 Å². The summed E-state index contributed by atoms with van der Waals surface area (Å²) in [5.41, 5.74) is 4.50. The van der Waals surface area contributed by atoms with Gasteiger partial charge < -0.3 is 9.73 Å². The van der Waals surface area contributed by atoms with Gasteiger partial charge in [-0.2, -0.15) is 0 Å². The van der Waals surface area contributed by atoms with Gasteiger partial charge in [0, 0.05) is 24.0 Å². The first kappa shape index (κ1) is 14.2. The Morgan fingerprint density at radius 1 is 0.952 bits per heavy atom. The normalized spacial score (nSPS) is 11.1. The van der Waals surface area contributed by atoms with Crippen molar-refractivity contribution in [2.75, 3.05) is 0 Å². The molecule has 0 amide bonds. The van der Waals surface area contributed by atoms with E-state index in [1.165, 1.54) is 11.1 Å². The van der Waals surface area contributed by atoms with Crippen LogP contribution in [0.5, 0.6) is 0 Å². The summed E-state index contributed by atoms with van der Waals surface area (Å²) in [6.07, 6.45) is 1.07. The fraction of sp³-hybridized carbons (Fsp3) is 0.222. The number of nitrogens with one attached hydrogen (secondary N) is 1. The Bertz CT molecular complexity index is 731. The van der Waals surface area contributed by atoms with Crippen LogP contribution in [0.2, 0.25) is 5.22 Å². The first-order valence-electron chi connectivity index (χ1n) is 7.22. The summed E-state index contributed by atoms with van der Waals surface area (Å²) in [6, 6.07) is 16.6. The lowest BCUT2D eigenvalue weighted by molar-refractivity contribution is 0.604. The molecule has 0 atom stereocenters. The Labute approximate surface area is 129 Å². The minimum Gasteiger partial charge on any atom is -0.444 e. The molecule has 3 heteroatoms. The number of rotatable bonds is 5. The molecular weight excluding hydrogens is 282 g/mol. The minimum atomic E-state index is 0.477. The predicted octanol–water partition coefficient (Wildman–Crippen LogP) is 4.94. The number of fused-ring (bicyclic) bond motifs is 1. The minimum absolute atomic E-state index is 0.477. The van der Waals surface area contributed by atoms with Gasteiger partial charge in [0.1, 0.15) is 5.58 Å². The van der Waals surface area contributed by atoms with Crippen LogP contribution >= 0.6 is 11.6 Å². The van der Waals surface area contributed by atoms with Crippen molar-refractivity contribution >= 4 is 22.6 Å². The Morgan fingerprint density at radius 3 is 2.43 bits per heavy atom. The van der Waals surface area contributed by atoms with Gasteiger partial charge in [-0.15, -0.1) is 0 Å². The highest BCUT2D eigenvalue weighted by Crippen LogP contribution is 2.29. The Hall–Kier alpha value is -1.77. The highest BCUT2D eigenvalue weighted by molar-refractivity contribution is 6.30. The zero-order valence-corrected chi connectivity index (χ0v) is 12.8. The smallest absolute Gasteiger partial charge is 0.199 e. The Morgan fingerprint density at radius 2 is 1.67 bits per heavy atom. The molecule has 1 heterocycles. The lowest BCUT2D eigenvalue weighted by atomic mass is 10.1. The van der Waals surface area contributed by atoms with Crippen LogP contribution in [0.4, 0.5) is 0 Å². The van der Waals surface area contributed by atoms with E-state index in [-0.39, 0.29) is 0 Å². The Kier molecular flexibility index (Phi) is 4.28. The lowest BCUT2D eigenvalue weighted by Crippen LogP contribution is -2.12. The van der Waals surface area contributed by atoms with E-state index in [4.69, 9.17) is 16.0 Å². The summed E-state index contributed by atoms with van der Waals surface area (Å²) in [7, 11) is 0. The number of para-hydroxylation sites is 1. The molecule has 1 aromatic heterocycles. The molecule has 0 unspecified atom stereocenters. The molecule has 0 saturated heterocycles. The van der Waals surface area contributed by atoms with Crippen LogP contribution in [0, 0.1) is 0 Å². The molecule has 21 heavy (non-hydrogen) atoms. The predicted molar refractivity (Wildman–Crippen MR) is 87.6 cm³/mol. The van der Waals surface area contributed by atoms with Crippen molar-refractivity contribution in [2.24, 2.45) is 0 Å². The molecule has 2 aromatic carbocycles. The summed E-state index contributed by atoms with van der Waals surface area (Å²) < 4.78 is 5.56. The zero-order chi connectivity index (χ0) is 14.7. The molecule has 0 spiro atoms. The van der Waals surface area contributed by atoms with Crippen LogP contribution in [-0.4, -0.2) is 0 Å². The maximum absolute atomic E-state index is 6.18. The van der Waals surface area contributed by atoms with E-state index >= 15 is 0 Å². The number of benzene rings is 2. The van der Waals surface area contributed by atoms with E-state index in [0.29, 0.717) is 11.8 Å². The average Bonchev–Trinajstić information content (AvgIpc) is 2.84. The fourth-order valence-corrected chi connectivity index (χ4v) is 2.71. The molecule has 0 aliphatic rings. The van der Waals surface area contributed by atoms with Gasteiger partial charge in [0.15, 0.2) is 5.22 Å². The van der Waals surface area contributed by atoms with Gasteiger partial charge in [-0.25, -0.2) is 0 Å². The van der Waals surface area contributed by atoms with E-state index in [2.05, 4.69) is 36.5 Å². The van der Waals surface area contributed by atoms with Crippen LogP contribution in [0.1, 0.15) is 23.6 Å². The largest absolute Gasteiger partial charge is 0.444 e. The monoisotopic (exact) mass is 299 g/mol. The van der Waals surface area contributed by atoms with Gasteiger partial charge in [0.25, 0.3) is 0 Å². The van der Waals surface area contributed by atoms with Crippen molar-refractivity contribution in [3.05, 3.63) is 70.4 Å². The fourth-order valence-electron chi connectivity index (χ4n) is 2.46. The summed E-state index contributed by atoms with van der Waals surface area (Å²) in [5, 5.41) is 4.99. The average molecular weight is 300 g/mol. The lowest BCUT2D eigenvalue weighted by Gasteiger charge is -2.05. The highest BCUT2D eigenvalue weighted by Gasteiger charge is 2.11. The third kappa shape index (κ3) is 3.12. The topological polar surface area (TPSA) is 25.2 Å². The van der Waals surface area contributed by atoms with Crippen molar-refractivity contribution < 1.29 is 4.42 Å². The molecule has 0 aliphatic carbocycles. The van der Waals surface area contributed by atoms with Gasteiger partial charge in [-0.3, -0.25) is 0 Å². The van der Waals surface area contributed by atoms with Crippen molar-refractivity contribution in [2.45, 2.75) is 26.4 Å². The number of hydrogen-bond acceptors (Lipinski definition) is 2. The third-order valence-electron chi connectivity index (χ3n) is 3.71. The molecule has 3 aromatic rings. The van der Waals surface area contributed by atoms with Crippen LogP contribution in [0.15, 0.2) is 52.9 Å². The summed E-state index contributed by atoms with van der Waals surface area (Å²) >= 11 is 6.18. The second kappa shape index (κ2) is 6.33. The maximum atomic E-state index is 6.18. The molecule has 0 bridgehead atoms. The molecule has 0 aliphatic heterocycles. The summed E-state index contributed by atoms with van der Waals surface area (Å²) in [6.45, 7) is 3.68. The van der Waals surface area contributed by atoms with E-state index in [0.717, 1.165) is 29.5 Å². The van der Waals surface area contributed by atoms with Crippen molar-refractivity contribution in [1.82, 2.24) is 5.32 Å². The highest BCUT2D eigenvalue weighted by atomic mass is 35.5. The molecule has 0 radical (unpaired) electrons. The molecule has 2 nitrogen and oxygen atoms in total. The molecule has 1 N–H and O–H groups in total. The van der Waals surface area contributed by atoms with E-state index in [1.807, 2.05) is 24.3 Å². The van der Waals surface area contributed by atoms with Gasteiger partial charge in [-0.1, -0.05) is 49.4 Å². The SMILES string of the molecule is CCc1ccc(CNCc2c(Cl)oc3ccccc23)cc1. The summed E-state index contributed by atoms with van der Waals surface area (Å²) in [5.74, 6) is 0. The molecule has 3 rings (SSSR count). The van der Waals surface area contributed by atoms with Gasteiger partial charge in [-0.05, 0) is 35.2 Å². The van der Waals surface area contributed by atoms with Crippen molar-refractivity contribution in [3.63, 3.8) is 0 Å². The summed E-state index contributed by atoms with van der Waals surface area (Å²) in [4.78, 5) is 0. The van der Waals surface area contributed by atoms with E-state index in [1.54, 1.807) is 0 Å². The Balaban J connectivity index is 1.67. The standard InChI is InChI=1S/C18H18ClNO/c1-2-13-7-9-14(10-8-13)11-20-12-16-15-5-3-4-6-17(15)21-18(16)19/h3-10,20H,2,11-12H2,1H3. The number of furan rings is 1. The first-order valence-corrected chi connectivity index (χ1v) is 7.60. The molecule has 0 fully saturated rings. The maximum Gasteiger partial charge on any atom is 0.199 e. The second-order valence-corrected chi connectivity index (χ2v) is 5.47. The van der Waals surface area contributed by atoms with Crippen LogP contribution in [0.3, 0.4) is 0 Å². The number of halogens is 1. The first-order chi connectivity index (χ1) is 10.3. The second-order valence-electron chi connectivity index (χ2n) is 5.12. The van der Waals surface area contributed by atoms with Crippen LogP contribution < -0.4 is 5.32 Å². The van der Waals surface area contributed by atoms with Crippen molar-refractivity contribution in [1.29, 1.82) is 0 Å². The van der Waals surface area contributed by atoms with Crippen LogP contribution in [0.25, 0.3) is 11.0 Å². The molecule has 0 saturated carbocycles. The van der Waals surface area contributed by atoms with Crippen molar-refractivity contribution in [3.8, 4) is 0 Å². The van der Waals surface area contributed by atoms with E-state index in [9.17, 15) is 0 Å². The third-order valence-corrected chi connectivity index (χ3v) is 4.02. The van der Waals surface area contributed by atoms with Crippen LogP contribution in [-0.2, 0) is 19.5 Å². The zero-order valence-electron chi connectivity index (χ0n) is 12.0. The van der Waals surface area contributed by atoms with Gasteiger partial charge in [0.2, 0.25) is 0 Å². The number of hydrogen-bond donors (Lipinski definition) is 1. The number of aryl methyl sites for hydroxylation is 1. The van der Waals surface area contributed by atoms with Gasteiger partial charge in [0.05, 0.1) is 0 Å². The van der Waals surface area contributed by atoms with E-state index < -0.39 is 0 Å². The molecular formula is C18H18ClNO. The quantitative estimate of drug-likeness (QED) is 0.722. The molecule has 108 valence electrons.